The number of carbonyl (C=O) groups is 1. The van der Waals surface area contributed by atoms with Gasteiger partial charge >= 0.3 is 0 Å². The average Bonchev–Trinajstić information content (AvgIpc) is 2.86. The minimum Gasteiger partial charge on any atom is -0.497 e. The second kappa shape index (κ2) is 12.0. The van der Waals surface area contributed by atoms with Gasteiger partial charge in [0.2, 0.25) is 5.75 Å². The van der Waals surface area contributed by atoms with Gasteiger partial charge in [0.15, 0.2) is 11.5 Å². The monoisotopic (exact) mass is 533 g/mol. The third-order valence-corrected chi connectivity index (χ3v) is 6.98. The molecule has 0 saturated carbocycles. The quantitative estimate of drug-likeness (QED) is 0.317. The van der Waals surface area contributed by atoms with Crippen molar-refractivity contribution in [1.29, 1.82) is 0 Å². The predicted molar refractivity (Wildman–Crippen MR) is 138 cm³/mol. The van der Waals surface area contributed by atoms with E-state index in [0.29, 0.717) is 36.3 Å². The lowest BCUT2D eigenvalue weighted by atomic mass is 10.1. The molecular weight excluding hydrogens is 506 g/mol. The normalized spacial score (nSPS) is 11.0. The van der Waals surface area contributed by atoms with Gasteiger partial charge in [0.05, 0.1) is 37.5 Å². The SMILES string of the molecule is CCOc1cc(C(=O)N(c2ccc(OC)cc2)S(=O)(=O)c2ccc(Cl)cc2)cc(OCC)c1OCC. The van der Waals surface area contributed by atoms with Gasteiger partial charge in [-0.1, -0.05) is 11.6 Å². The summed E-state index contributed by atoms with van der Waals surface area (Å²) in [5.41, 5.74) is 0.166. The van der Waals surface area contributed by atoms with E-state index in [1.165, 1.54) is 55.6 Å². The van der Waals surface area contributed by atoms with Crippen molar-refractivity contribution in [2.24, 2.45) is 0 Å². The molecule has 0 unspecified atom stereocenters. The Labute approximate surface area is 216 Å². The number of amides is 1. The van der Waals surface area contributed by atoms with Gasteiger partial charge in [-0.25, -0.2) is 8.42 Å². The Morgan fingerprint density at radius 1 is 0.833 bits per heavy atom. The van der Waals surface area contributed by atoms with E-state index in [-0.39, 0.29) is 27.6 Å². The van der Waals surface area contributed by atoms with E-state index in [2.05, 4.69) is 0 Å². The lowest BCUT2D eigenvalue weighted by Gasteiger charge is -2.24. The van der Waals surface area contributed by atoms with Gasteiger partial charge in [0.1, 0.15) is 5.75 Å². The van der Waals surface area contributed by atoms with Crippen LogP contribution >= 0.6 is 11.6 Å². The zero-order valence-electron chi connectivity index (χ0n) is 20.5. The fourth-order valence-electron chi connectivity index (χ4n) is 3.42. The molecule has 0 bridgehead atoms. The topological polar surface area (TPSA) is 91.4 Å². The van der Waals surface area contributed by atoms with Crippen LogP contribution in [0.3, 0.4) is 0 Å². The van der Waals surface area contributed by atoms with Crippen LogP contribution in [-0.4, -0.2) is 41.3 Å². The van der Waals surface area contributed by atoms with E-state index in [0.717, 1.165) is 4.31 Å². The highest BCUT2D eigenvalue weighted by Gasteiger charge is 2.33. The van der Waals surface area contributed by atoms with E-state index in [1.807, 2.05) is 6.92 Å². The lowest BCUT2D eigenvalue weighted by molar-refractivity contribution is 0.100. The first-order chi connectivity index (χ1) is 17.3. The molecule has 0 aliphatic rings. The molecule has 0 aliphatic carbocycles. The predicted octanol–water partition coefficient (Wildman–Crippen LogP) is 5.58. The number of carbonyl (C=O) groups excluding carboxylic acids is 1. The maximum atomic E-state index is 13.9. The number of hydrogen-bond acceptors (Lipinski definition) is 7. The van der Waals surface area contributed by atoms with E-state index in [1.54, 1.807) is 26.0 Å². The fourth-order valence-corrected chi connectivity index (χ4v) is 4.96. The van der Waals surface area contributed by atoms with Crippen LogP contribution in [0.25, 0.3) is 0 Å². The Balaban J connectivity index is 2.21. The minimum atomic E-state index is -4.34. The number of hydrogen-bond donors (Lipinski definition) is 0. The molecule has 0 saturated heterocycles. The molecule has 3 aromatic rings. The fraction of sp³-hybridized carbons (Fsp3) is 0.269. The molecule has 0 fully saturated rings. The Morgan fingerprint density at radius 2 is 1.36 bits per heavy atom. The maximum absolute atomic E-state index is 13.9. The summed E-state index contributed by atoms with van der Waals surface area (Å²) in [4.78, 5) is 13.8. The first-order valence-corrected chi connectivity index (χ1v) is 13.1. The zero-order chi connectivity index (χ0) is 26.3. The van der Waals surface area contributed by atoms with Crippen molar-refractivity contribution in [3.63, 3.8) is 0 Å². The van der Waals surface area contributed by atoms with Crippen LogP contribution < -0.4 is 23.3 Å². The molecule has 10 heteroatoms. The van der Waals surface area contributed by atoms with E-state index < -0.39 is 15.9 Å². The van der Waals surface area contributed by atoms with Crippen molar-refractivity contribution >= 4 is 33.2 Å². The molecule has 0 N–H and O–H groups in total. The minimum absolute atomic E-state index is 0.0405. The highest BCUT2D eigenvalue weighted by molar-refractivity contribution is 7.93. The van der Waals surface area contributed by atoms with Crippen LogP contribution in [0.1, 0.15) is 31.1 Å². The number of benzene rings is 3. The molecule has 192 valence electrons. The number of methoxy groups -OCH3 is 1. The van der Waals surface area contributed by atoms with Crippen molar-refractivity contribution in [2.45, 2.75) is 25.7 Å². The zero-order valence-corrected chi connectivity index (χ0v) is 22.1. The third kappa shape index (κ3) is 5.85. The van der Waals surface area contributed by atoms with Crippen molar-refractivity contribution < 1.29 is 32.2 Å². The van der Waals surface area contributed by atoms with Crippen molar-refractivity contribution in [2.75, 3.05) is 31.2 Å². The van der Waals surface area contributed by atoms with Gasteiger partial charge in [-0.05, 0) is 81.4 Å². The average molecular weight is 534 g/mol. The van der Waals surface area contributed by atoms with Crippen molar-refractivity contribution in [3.8, 4) is 23.0 Å². The molecule has 0 spiro atoms. The number of rotatable bonds is 11. The number of nitrogens with zero attached hydrogens (tertiary/aromatic N) is 1. The van der Waals surface area contributed by atoms with Crippen LogP contribution in [0.5, 0.6) is 23.0 Å². The first-order valence-electron chi connectivity index (χ1n) is 11.3. The largest absolute Gasteiger partial charge is 0.497 e. The van der Waals surface area contributed by atoms with Crippen molar-refractivity contribution in [3.05, 3.63) is 71.2 Å². The van der Waals surface area contributed by atoms with E-state index >= 15 is 0 Å². The number of ether oxygens (including phenoxy) is 4. The summed E-state index contributed by atoms with van der Waals surface area (Å²) < 4.78 is 50.5. The van der Waals surface area contributed by atoms with Gasteiger partial charge in [-0.15, -0.1) is 0 Å². The molecule has 3 rings (SSSR count). The first kappa shape index (κ1) is 27.2. The van der Waals surface area contributed by atoms with Gasteiger partial charge in [0, 0.05) is 10.6 Å². The Kier molecular flexibility index (Phi) is 9.06. The molecule has 0 heterocycles. The summed E-state index contributed by atoms with van der Waals surface area (Å²) in [5.74, 6) is 0.585. The second-order valence-corrected chi connectivity index (χ2v) is 9.55. The molecule has 3 aromatic carbocycles. The smallest absolute Gasteiger partial charge is 0.272 e. The summed E-state index contributed by atoms with van der Waals surface area (Å²) in [6.07, 6.45) is 0. The highest BCUT2D eigenvalue weighted by Crippen LogP contribution is 2.40. The third-order valence-electron chi connectivity index (χ3n) is 5.00. The Hall–Kier alpha value is -3.43. The highest BCUT2D eigenvalue weighted by atomic mass is 35.5. The van der Waals surface area contributed by atoms with E-state index in [4.69, 9.17) is 30.5 Å². The lowest BCUT2D eigenvalue weighted by Crippen LogP contribution is -2.37. The van der Waals surface area contributed by atoms with Crippen molar-refractivity contribution in [1.82, 2.24) is 0 Å². The maximum Gasteiger partial charge on any atom is 0.272 e. The van der Waals surface area contributed by atoms with Crippen LogP contribution in [0.15, 0.2) is 65.6 Å². The molecule has 0 atom stereocenters. The molecule has 0 aromatic heterocycles. The van der Waals surface area contributed by atoms with Crippen LogP contribution in [-0.2, 0) is 10.0 Å². The molecule has 0 aliphatic heterocycles. The summed E-state index contributed by atoms with van der Waals surface area (Å²) in [7, 11) is -2.84. The van der Waals surface area contributed by atoms with Gasteiger partial charge in [0.25, 0.3) is 15.9 Å². The second-order valence-electron chi connectivity index (χ2n) is 7.33. The van der Waals surface area contributed by atoms with Crippen LogP contribution in [0, 0.1) is 0 Å². The summed E-state index contributed by atoms with van der Waals surface area (Å²) in [6, 6.07) is 14.6. The Bertz CT molecular complexity index is 1270. The number of halogens is 1. The molecular formula is C26H28ClNO7S. The summed E-state index contributed by atoms with van der Waals surface area (Å²) >= 11 is 5.96. The van der Waals surface area contributed by atoms with Gasteiger partial charge in [-0.2, -0.15) is 4.31 Å². The number of anilines is 1. The molecule has 8 nitrogen and oxygen atoms in total. The Morgan fingerprint density at radius 3 is 1.83 bits per heavy atom. The molecule has 36 heavy (non-hydrogen) atoms. The molecule has 1 amide bonds. The summed E-state index contributed by atoms with van der Waals surface area (Å²) in [6.45, 7) is 6.34. The van der Waals surface area contributed by atoms with Gasteiger partial charge in [-0.3, -0.25) is 4.79 Å². The van der Waals surface area contributed by atoms with E-state index in [9.17, 15) is 13.2 Å². The van der Waals surface area contributed by atoms with Crippen LogP contribution in [0.2, 0.25) is 5.02 Å². The standard InChI is InChI=1S/C26H28ClNO7S/c1-5-33-23-16-18(17-24(34-6-2)25(23)35-7-3)26(29)28(20-10-12-21(32-4)13-11-20)36(30,31)22-14-8-19(27)9-15-22/h8-17H,5-7H2,1-4H3. The number of sulfonamides is 1. The van der Waals surface area contributed by atoms with Crippen LogP contribution in [0.4, 0.5) is 5.69 Å². The summed E-state index contributed by atoms with van der Waals surface area (Å²) in [5, 5.41) is 0.366. The van der Waals surface area contributed by atoms with Gasteiger partial charge < -0.3 is 18.9 Å². The molecule has 0 radical (unpaired) electrons.